The molecule has 2 amide bonds. The fraction of sp³-hybridized carbons (Fsp3) is 0.500. The highest BCUT2D eigenvalue weighted by atomic mass is 16.2. The van der Waals surface area contributed by atoms with Crippen LogP contribution in [0.3, 0.4) is 0 Å². The molecule has 2 heterocycles. The molecule has 114 valence electrons. The lowest BCUT2D eigenvalue weighted by atomic mass is 10.2. The van der Waals surface area contributed by atoms with Crippen molar-refractivity contribution in [2.75, 3.05) is 6.54 Å². The molecule has 7 heteroatoms. The molecule has 2 rings (SSSR count). The first-order valence-corrected chi connectivity index (χ1v) is 7.05. The Morgan fingerprint density at radius 2 is 2.24 bits per heavy atom. The molecule has 0 bridgehead atoms. The smallest absolute Gasteiger partial charge is 0.315 e. The van der Waals surface area contributed by atoms with Crippen LogP contribution in [0, 0.1) is 19.8 Å². The number of amides is 2. The van der Waals surface area contributed by atoms with Crippen LogP contribution < -0.4 is 10.6 Å². The molecule has 2 aromatic rings. The van der Waals surface area contributed by atoms with Gasteiger partial charge in [0, 0.05) is 25.0 Å². The molecule has 21 heavy (non-hydrogen) atoms. The number of urea groups is 1. The predicted octanol–water partition coefficient (Wildman–Crippen LogP) is 1.36. The third kappa shape index (κ3) is 4.62. The third-order valence-corrected chi connectivity index (χ3v) is 3.20. The zero-order valence-electron chi connectivity index (χ0n) is 12.7. The average molecular weight is 290 g/mol. The average Bonchev–Trinajstić information content (AvgIpc) is 3.04. The lowest BCUT2D eigenvalue weighted by molar-refractivity contribution is 0.238. The number of carbonyl (C=O) groups is 1. The Morgan fingerprint density at radius 3 is 2.86 bits per heavy atom. The van der Waals surface area contributed by atoms with E-state index in [1.54, 1.807) is 6.20 Å². The minimum atomic E-state index is -0.176. The molecule has 3 N–H and O–H groups in total. The van der Waals surface area contributed by atoms with E-state index in [2.05, 4.69) is 38.9 Å². The van der Waals surface area contributed by atoms with Crippen LogP contribution in [-0.2, 0) is 13.1 Å². The first-order valence-electron chi connectivity index (χ1n) is 7.05. The maximum absolute atomic E-state index is 11.7. The number of hydrogen-bond donors (Lipinski definition) is 3. The third-order valence-electron chi connectivity index (χ3n) is 3.20. The molecule has 0 saturated heterocycles. The van der Waals surface area contributed by atoms with Crippen molar-refractivity contribution >= 4 is 6.03 Å². The second-order valence-electron chi connectivity index (χ2n) is 5.36. The van der Waals surface area contributed by atoms with Gasteiger partial charge in [0.2, 0.25) is 0 Å². The Hall–Kier alpha value is -2.31. The number of aryl methyl sites for hydroxylation is 2. The Labute approximate surface area is 124 Å². The van der Waals surface area contributed by atoms with Crippen molar-refractivity contribution in [3.05, 3.63) is 35.4 Å². The molecule has 1 unspecified atom stereocenters. The van der Waals surface area contributed by atoms with Crippen LogP contribution in [0.2, 0.25) is 0 Å². The molecule has 0 saturated carbocycles. The van der Waals surface area contributed by atoms with Gasteiger partial charge >= 0.3 is 6.03 Å². The van der Waals surface area contributed by atoms with E-state index in [9.17, 15) is 4.79 Å². The minimum Gasteiger partial charge on any atom is -0.338 e. The number of H-pyrrole nitrogens is 1. The van der Waals surface area contributed by atoms with E-state index < -0.39 is 0 Å². The second-order valence-corrected chi connectivity index (χ2v) is 5.36. The van der Waals surface area contributed by atoms with E-state index in [1.807, 2.05) is 24.6 Å². The predicted molar refractivity (Wildman–Crippen MR) is 79.7 cm³/mol. The second kappa shape index (κ2) is 6.92. The molecule has 0 aromatic carbocycles. The van der Waals surface area contributed by atoms with Gasteiger partial charge in [0.1, 0.15) is 0 Å². The van der Waals surface area contributed by atoms with Crippen LogP contribution >= 0.6 is 0 Å². The van der Waals surface area contributed by atoms with E-state index >= 15 is 0 Å². The number of nitrogens with one attached hydrogen (secondary N) is 3. The zero-order valence-corrected chi connectivity index (χ0v) is 12.7. The topological polar surface area (TPSA) is 87.6 Å². The van der Waals surface area contributed by atoms with Gasteiger partial charge < -0.3 is 10.6 Å². The number of aromatic amines is 1. The van der Waals surface area contributed by atoms with Crippen molar-refractivity contribution in [1.82, 2.24) is 30.6 Å². The summed E-state index contributed by atoms with van der Waals surface area (Å²) in [7, 11) is 0. The SMILES string of the molecule is Cc1cc(C)n(CC(C)CNC(=O)NCc2ccn[nH]2)n1. The van der Waals surface area contributed by atoms with E-state index in [1.165, 1.54) is 0 Å². The summed E-state index contributed by atoms with van der Waals surface area (Å²) in [6.07, 6.45) is 1.66. The van der Waals surface area contributed by atoms with Gasteiger partial charge in [-0.05, 0) is 31.9 Å². The molecule has 0 aliphatic carbocycles. The maximum atomic E-state index is 11.7. The van der Waals surface area contributed by atoms with Crippen LogP contribution in [0.25, 0.3) is 0 Å². The number of carbonyl (C=O) groups excluding carboxylic acids is 1. The van der Waals surface area contributed by atoms with E-state index in [0.29, 0.717) is 19.0 Å². The normalized spacial score (nSPS) is 12.1. The van der Waals surface area contributed by atoms with Crippen molar-refractivity contribution in [2.24, 2.45) is 5.92 Å². The first-order chi connectivity index (χ1) is 10.0. The molecule has 0 aliphatic heterocycles. The van der Waals surface area contributed by atoms with Gasteiger partial charge in [-0.3, -0.25) is 9.78 Å². The van der Waals surface area contributed by atoms with Gasteiger partial charge in [-0.25, -0.2) is 4.79 Å². The standard InChI is InChI=1S/C14H22N6O/c1-10(9-20-12(3)6-11(2)19-20)7-15-14(21)16-8-13-4-5-17-18-13/h4-6,10H,7-9H2,1-3H3,(H,17,18)(H2,15,16,21). The monoisotopic (exact) mass is 290 g/mol. The van der Waals surface area contributed by atoms with E-state index in [-0.39, 0.29) is 6.03 Å². The molecule has 2 aromatic heterocycles. The quantitative estimate of drug-likeness (QED) is 0.750. The molecule has 0 aliphatic rings. The Kier molecular flexibility index (Phi) is 4.97. The molecular formula is C14H22N6O. The summed E-state index contributed by atoms with van der Waals surface area (Å²) in [5.74, 6) is 0.306. The number of hydrogen-bond acceptors (Lipinski definition) is 3. The van der Waals surface area contributed by atoms with E-state index in [4.69, 9.17) is 0 Å². The van der Waals surface area contributed by atoms with Crippen LogP contribution in [0.15, 0.2) is 18.3 Å². The van der Waals surface area contributed by atoms with Crippen LogP contribution in [-0.4, -0.2) is 32.6 Å². The largest absolute Gasteiger partial charge is 0.338 e. The number of aromatic nitrogens is 4. The molecule has 1 atom stereocenters. The highest BCUT2D eigenvalue weighted by molar-refractivity contribution is 5.73. The van der Waals surface area contributed by atoms with Crippen molar-refractivity contribution in [3.63, 3.8) is 0 Å². The van der Waals surface area contributed by atoms with Crippen molar-refractivity contribution in [3.8, 4) is 0 Å². The summed E-state index contributed by atoms with van der Waals surface area (Å²) in [6, 6.07) is 3.70. The van der Waals surface area contributed by atoms with Crippen LogP contribution in [0.1, 0.15) is 24.0 Å². The van der Waals surface area contributed by atoms with Crippen LogP contribution in [0.4, 0.5) is 4.79 Å². The van der Waals surface area contributed by atoms with E-state index in [0.717, 1.165) is 23.6 Å². The van der Waals surface area contributed by atoms with Gasteiger partial charge in [0.25, 0.3) is 0 Å². The number of nitrogens with zero attached hydrogens (tertiary/aromatic N) is 3. The summed E-state index contributed by atoms with van der Waals surface area (Å²) in [5.41, 5.74) is 3.04. The van der Waals surface area contributed by atoms with Gasteiger partial charge in [-0.15, -0.1) is 0 Å². The fourth-order valence-electron chi connectivity index (χ4n) is 2.11. The van der Waals surface area contributed by atoms with Crippen molar-refractivity contribution in [2.45, 2.75) is 33.9 Å². The first kappa shape index (κ1) is 15.1. The maximum Gasteiger partial charge on any atom is 0.315 e. The summed E-state index contributed by atoms with van der Waals surface area (Å²) >= 11 is 0. The summed E-state index contributed by atoms with van der Waals surface area (Å²) in [4.78, 5) is 11.7. The molecule has 0 spiro atoms. The van der Waals surface area contributed by atoms with Crippen LogP contribution in [0.5, 0.6) is 0 Å². The lowest BCUT2D eigenvalue weighted by Gasteiger charge is -2.14. The van der Waals surface area contributed by atoms with Gasteiger partial charge in [-0.2, -0.15) is 10.2 Å². The fourth-order valence-corrected chi connectivity index (χ4v) is 2.11. The highest BCUT2D eigenvalue weighted by Crippen LogP contribution is 2.05. The molecule has 0 radical (unpaired) electrons. The highest BCUT2D eigenvalue weighted by Gasteiger charge is 2.09. The van der Waals surface area contributed by atoms with Gasteiger partial charge in [0.15, 0.2) is 0 Å². The van der Waals surface area contributed by atoms with Gasteiger partial charge in [0.05, 0.1) is 17.9 Å². The Bertz CT molecular complexity index is 574. The molecule has 7 nitrogen and oxygen atoms in total. The van der Waals surface area contributed by atoms with Crippen molar-refractivity contribution in [1.29, 1.82) is 0 Å². The summed E-state index contributed by atoms with van der Waals surface area (Å²) in [5, 5.41) is 16.7. The zero-order chi connectivity index (χ0) is 15.2. The number of rotatable bonds is 6. The minimum absolute atomic E-state index is 0.176. The van der Waals surface area contributed by atoms with Crippen molar-refractivity contribution < 1.29 is 4.79 Å². The summed E-state index contributed by atoms with van der Waals surface area (Å²) in [6.45, 7) is 7.95. The van der Waals surface area contributed by atoms with Gasteiger partial charge in [-0.1, -0.05) is 6.92 Å². The lowest BCUT2D eigenvalue weighted by Crippen LogP contribution is -2.38. The summed E-state index contributed by atoms with van der Waals surface area (Å²) < 4.78 is 1.98. The Balaban J connectivity index is 1.69. The Morgan fingerprint density at radius 1 is 1.43 bits per heavy atom. The molecular weight excluding hydrogens is 268 g/mol. The molecule has 0 fully saturated rings.